The Labute approximate surface area is 148 Å². The van der Waals surface area contributed by atoms with E-state index in [9.17, 15) is 9.59 Å². The van der Waals surface area contributed by atoms with Crippen molar-refractivity contribution < 1.29 is 19.1 Å². The van der Waals surface area contributed by atoms with Crippen LogP contribution in [0.2, 0.25) is 5.02 Å². The van der Waals surface area contributed by atoms with Gasteiger partial charge >= 0.3 is 6.09 Å². The number of methoxy groups -OCH3 is 1. The number of nitrogens with one attached hydrogen (secondary N) is 1. The standard InChI is InChI=1S/C17H25ClN2O4/c1-17(2,3)24-16(22)20(4)10-6-7-15(21)19-12-8-9-14(23-5)13(18)11-12/h8-9,11H,6-7,10H2,1-5H3,(H,19,21). The highest BCUT2D eigenvalue weighted by molar-refractivity contribution is 6.32. The summed E-state index contributed by atoms with van der Waals surface area (Å²) in [6.07, 6.45) is 0.423. The molecular weight excluding hydrogens is 332 g/mol. The van der Waals surface area contributed by atoms with Crippen LogP contribution in [-0.2, 0) is 9.53 Å². The van der Waals surface area contributed by atoms with E-state index in [0.29, 0.717) is 29.4 Å². The van der Waals surface area contributed by atoms with E-state index in [1.165, 1.54) is 12.0 Å². The minimum absolute atomic E-state index is 0.145. The summed E-state index contributed by atoms with van der Waals surface area (Å²) in [6.45, 7) is 5.87. The minimum atomic E-state index is -0.531. The lowest BCUT2D eigenvalue weighted by atomic mass is 10.2. The molecule has 0 heterocycles. The largest absolute Gasteiger partial charge is 0.495 e. The fourth-order valence-electron chi connectivity index (χ4n) is 1.88. The Balaban J connectivity index is 2.39. The Morgan fingerprint density at radius 1 is 1.29 bits per heavy atom. The number of rotatable bonds is 6. The van der Waals surface area contributed by atoms with Gasteiger partial charge in [0.25, 0.3) is 0 Å². The Kier molecular flexibility index (Phi) is 7.35. The van der Waals surface area contributed by atoms with Gasteiger partial charge in [-0.2, -0.15) is 0 Å². The maximum absolute atomic E-state index is 11.9. The number of nitrogens with zero attached hydrogens (tertiary/aromatic N) is 1. The molecule has 0 bridgehead atoms. The molecule has 0 aliphatic rings. The predicted octanol–water partition coefficient (Wildman–Crippen LogP) is 3.93. The van der Waals surface area contributed by atoms with Crippen LogP contribution >= 0.6 is 11.6 Å². The molecule has 1 N–H and O–H groups in total. The van der Waals surface area contributed by atoms with Crippen LogP contribution in [0.4, 0.5) is 10.5 Å². The van der Waals surface area contributed by atoms with Crippen molar-refractivity contribution in [3.05, 3.63) is 23.2 Å². The van der Waals surface area contributed by atoms with Crippen molar-refractivity contribution in [1.29, 1.82) is 0 Å². The molecule has 134 valence electrons. The number of hydrogen-bond acceptors (Lipinski definition) is 4. The Bertz CT molecular complexity index is 584. The first-order chi connectivity index (χ1) is 11.1. The highest BCUT2D eigenvalue weighted by atomic mass is 35.5. The summed E-state index contributed by atoms with van der Waals surface area (Å²) in [5.74, 6) is 0.405. The van der Waals surface area contributed by atoms with Crippen molar-refractivity contribution in [3.63, 3.8) is 0 Å². The summed E-state index contributed by atoms with van der Waals surface area (Å²) >= 11 is 6.01. The molecule has 0 unspecified atom stereocenters. The minimum Gasteiger partial charge on any atom is -0.495 e. The van der Waals surface area contributed by atoms with Gasteiger partial charge in [0, 0.05) is 25.7 Å². The third kappa shape index (κ3) is 7.08. The van der Waals surface area contributed by atoms with Crippen molar-refractivity contribution in [3.8, 4) is 5.75 Å². The highest BCUT2D eigenvalue weighted by Crippen LogP contribution is 2.27. The van der Waals surface area contributed by atoms with E-state index >= 15 is 0 Å². The zero-order valence-corrected chi connectivity index (χ0v) is 15.6. The number of halogens is 1. The van der Waals surface area contributed by atoms with Gasteiger partial charge in [-0.1, -0.05) is 11.6 Å². The van der Waals surface area contributed by atoms with Gasteiger partial charge in [-0.15, -0.1) is 0 Å². The van der Waals surface area contributed by atoms with E-state index in [-0.39, 0.29) is 12.3 Å². The van der Waals surface area contributed by atoms with E-state index in [4.69, 9.17) is 21.1 Å². The van der Waals surface area contributed by atoms with Crippen molar-refractivity contribution in [2.75, 3.05) is 26.0 Å². The Morgan fingerprint density at radius 3 is 2.50 bits per heavy atom. The summed E-state index contributed by atoms with van der Waals surface area (Å²) in [5, 5.41) is 3.19. The van der Waals surface area contributed by atoms with Gasteiger partial charge in [0.2, 0.25) is 5.91 Å². The average Bonchev–Trinajstić information content (AvgIpc) is 2.45. The summed E-state index contributed by atoms with van der Waals surface area (Å²) in [6, 6.07) is 5.04. The molecule has 1 aromatic rings. The second-order valence-corrected chi connectivity index (χ2v) is 6.81. The molecule has 2 amide bonds. The second kappa shape index (κ2) is 8.78. The van der Waals surface area contributed by atoms with E-state index in [0.717, 1.165) is 0 Å². The molecule has 1 aromatic carbocycles. The average molecular weight is 357 g/mol. The zero-order valence-electron chi connectivity index (χ0n) is 14.8. The van der Waals surface area contributed by atoms with Gasteiger partial charge in [0.05, 0.1) is 12.1 Å². The summed E-state index contributed by atoms with van der Waals surface area (Å²) in [4.78, 5) is 25.2. The molecule has 7 heteroatoms. The lowest BCUT2D eigenvalue weighted by molar-refractivity contribution is -0.116. The molecule has 0 aliphatic carbocycles. The molecule has 1 rings (SSSR count). The lowest BCUT2D eigenvalue weighted by Crippen LogP contribution is -2.35. The van der Waals surface area contributed by atoms with E-state index in [2.05, 4.69) is 5.32 Å². The maximum Gasteiger partial charge on any atom is 0.410 e. The van der Waals surface area contributed by atoms with Crippen LogP contribution in [0.15, 0.2) is 18.2 Å². The monoisotopic (exact) mass is 356 g/mol. The molecular formula is C17H25ClN2O4. The number of carbonyl (C=O) groups excluding carboxylic acids is 2. The SMILES string of the molecule is COc1ccc(NC(=O)CCCN(C)C(=O)OC(C)(C)C)cc1Cl. The van der Waals surface area contributed by atoms with Crippen LogP contribution in [0.1, 0.15) is 33.6 Å². The third-order valence-corrected chi connectivity index (χ3v) is 3.33. The van der Waals surface area contributed by atoms with Crippen LogP contribution in [-0.4, -0.2) is 43.2 Å². The molecule has 0 fully saturated rings. The Morgan fingerprint density at radius 2 is 1.96 bits per heavy atom. The third-order valence-electron chi connectivity index (χ3n) is 3.04. The second-order valence-electron chi connectivity index (χ2n) is 6.40. The van der Waals surface area contributed by atoms with Crippen molar-refractivity contribution in [2.45, 2.75) is 39.2 Å². The van der Waals surface area contributed by atoms with Gasteiger partial charge in [-0.05, 0) is 45.4 Å². The van der Waals surface area contributed by atoms with Crippen molar-refractivity contribution >= 4 is 29.3 Å². The number of hydrogen-bond donors (Lipinski definition) is 1. The highest BCUT2D eigenvalue weighted by Gasteiger charge is 2.19. The van der Waals surface area contributed by atoms with Gasteiger partial charge < -0.3 is 19.7 Å². The molecule has 0 aliphatic heterocycles. The normalized spacial score (nSPS) is 10.9. The fraction of sp³-hybridized carbons (Fsp3) is 0.529. The van der Waals surface area contributed by atoms with Gasteiger partial charge in [-0.25, -0.2) is 4.79 Å². The van der Waals surface area contributed by atoms with Crippen LogP contribution in [0, 0.1) is 0 Å². The topological polar surface area (TPSA) is 67.9 Å². The van der Waals surface area contributed by atoms with E-state index in [1.54, 1.807) is 25.2 Å². The predicted molar refractivity (Wildman–Crippen MR) is 94.7 cm³/mol. The molecule has 0 saturated carbocycles. The number of benzene rings is 1. The molecule has 0 spiro atoms. The zero-order chi connectivity index (χ0) is 18.3. The molecule has 0 atom stereocenters. The maximum atomic E-state index is 11.9. The van der Waals surface area contributed by atoms with Gasteiger partial charge in [0.1, 0.15) is 11.4 Å². The first-order valence-corrected chi connectivity index (χ1v) is 8.07. The fourth-order valence-corrected chi connectivity index (χ4v) is 2.13. The summed E-state index contributed by atoms with van der Waals surface area (Å²) in [5.41, 5.74) is 0.0717. The molecule has 0 aromatic heterocycles. The quantitative estimate of drug-likeness (QED) is 0.838. The lowest BCUT2D eigenvalue weighted by Gasteiger charge is -2.24. The first kappa shape index (κ1) is 20.1. The van der Waals surface area contributed by atoms with E-state index < -0.39 is 11.7 Å². The van der Waals surface area contributed by atoms with Gasteiger partial charge in [0.15, 0.2) is 0 Å². The smallest absolute Gasteiger partial charge is 0.410 e. The summed E-state index contributed by atoms with van der Waals surface area (Å²) < 4.78 is 10.3. The number of anilines is 1. The molecule has 6 nitrogen and oxygen atoms in total. The summed E-state index contributed by atoms with van der Waals surface area (Å²) in [7, 11) is 3.18. The van der Waals surface area contributed by atoms with Crippen LogP contribution < -0.4 is 10.1 Å². The first-order valence-electron chi connectivity index (χ1n) is 7.70. The van der Waals surface area contributed by atoms with Crippen molar-refractivity contribution in [1.82, 2.24) is 4.90 Å². The van der Waals surface area contributed by atoms with Gasteiger partial charge in [-0.3, -0.25) is 4.79 Å². The molecule has 24 heavy (non-hydrogen) atoms. The van der Waals surface area contributed by atoms with Crippen LogP contribution in [0.3, 0.4) is 0 Å². The van der Waals surface area contributed by atoms with E-state index in [1.807, 2.05) is 20.8 Å². The van der Waals surface area contributed by atoms with Crippen LogP contribution in [0.5, 0.6) is 5.75 Å². The van der Waals surface area contributed by atoms with Crippen molar-refractivity contribution in [2.24, 2.45) is 0 Å². The number of carbonyl (C=O) groups is 2. The number of ether oxygens (including phenoxy) is 2. The van der Waals surface area contributed by atoms with Crippen LogP contribution in [0.25, 0.3) is 0 Å². The number of amides is 2. The Hall–Kier alpha value is -1.95. The molecule has 0 saturated heterocycles. The molecule has 0 radical (unpaired) electrons.